The van der Waals surface area contributed by atoms with E-state index in [1.165, 1.54) is 43.0 Å². The molecule has 0 aromatic heterocycles. The minimum absolute atomic E-state index is 0.0234. The van der Waals surface area contributed by atoms with E-state index in [0.717, 1.165) is 0 Å². The van der Waals surface area contributed by atoms with Crippen molar-refractivity contribution in [3.05, 3.63) is 39.9 Å². The van der Waals surface area contributed by atoms with E-state index < -0.39 is 29.4 Å². The van der Waals surface area contributed by atoms with Crippen LogP contribution in [0.4, 0.5) is 10.5 Å². The Morgan fingerprint density at radius 1 is 1.26 bits per heavy atom. The zero-order chi connectivity index (χ0) is 28.0. The first-order chi connectivity index (χ1) is 17.9. The van der Waals surface area contributed by atoms with Gasteiger partial charge in [-0.2, -0.15) is 0 Å². The number of carbonyl (C=O) groups is 4. The smallest absolute Gasteiger partial charge is 0.417 e. The average molecular weight is 550 g/mol. The van der Waals surface area contributed by atoms with Gasteiger partial charge in [0.05, 0.1) is 11.0 Å². The Kier molecular flexibility index (Phi) is 9.63. The fourth-order valence-electron chi connectivity index (χ4n) is 4.45. The van der Waals surface area contributed by atoms with Gasteiger partial charge >= 0.3 is 6.09 Å². The van der Waals surface area contributed by atoms with Crippen LogP contribution in [0.25, 0.3) is 0 Å². The van der Waals surface area contributed by atoms with Gasteiger partial charge in [0, 0.05) is 50.0 Å². The van der Waals surface area contributed by atoms with Gasteiger partial charge in [0.1, 0.15) is 13.2 Å². The fraction of sp³-hybridized carbons (Fsp3) is 0.522. The normalized spacial score (nSPS) is 21.1. The maximum Gasteiger partial charge on any atom is 0.417 e. The van der Waals surface area contributed by atoms with Crippen LogP contribution >= 0.6 is 11.8 Å². The summed E-state index contributed by atoms with van der Waals surface area (Å²) in [5, 5.41) is 21.3. The molecule has 3 rings (SSSR count). The number of non-ortho nitro benzene ring substituents is 1. The van der Waals surface area contributed by atoms with Crippen LogP contribution in [0.5, 0.6) is 0 Å². The summed E-state index contributed by atoms with van der Waals surface area (Å²) in [4.78, 5) is 64.0. The lowest BCUT2D eigenvalue weighted by Crippen LogP contribution is -2.50. The second kappa shape index (κ2) is 12.7. The van der Waals surface area contributed by atoms with Crippen molar-refractivity contribution in [1.82, 2.24) is 20.0 Å². The predicted octanol–water partition coefficient (Wildman–Crippen LogP) is 0.496. The van der Waals surface area contributed by atoms with E-state index in [2.05, 4.69) is 5.32 Å². The third-order valence-electron chi connectivity index (χ3n) is 6.31. The van der Waals surface area contributed by atoms with Gasteiger partial charge in [-0.25, -0.2) is 9.69 Å². The van der Waals surface area contributed by atoms with E-state index in [4.69, 9.17) is 15.9 Å². The van der Waals surface area contributed by atoms with Crippen LogP contribution in [0, 0.1) is 15.5 Å². The third-order valence-corrected chi connectivity index (χ3v) is 7.32. The number of carbonyl (C=O) groups excluding carboxylic acids is 4. The number of ether oxygens (including phenoxy) is 1. The highest BCUT2D eigenvalue weighted by Crippen LogP contribution is 2.28. The first kappa shape index (κ1) is 28.8. The zero-order valence-electron chi connectivity index (χ0n) is 21.1. The second-order valence-corrected chi connectivity index (χ2v) is 10.7. The van der Waals surface area contributed by atoms with Crippen LogP contribution in [0.3, 0.4) is 0 Å². The second-order valence-electron chi connectivity index (χ2n) is 9.21. The van der Waals surface area contributed by atoms with E-state index in [1.54, 1.807) is 4.90 Å². The molecule has 15 heteroatoms. The molecule has 1 aromatic rings. The lowest BCUT2D eigenvalue weighted by Gasteiger charge is -2.25. The Labute approximate surface area is 223 Å². The first-order valence-electron chi connectivity index (χ1n) is 11.9. The molecule has 2 heterocycles. The third kappa shape index (κ3) is 7.64. The fourth-order valence-corrected chi connectivity index (χ4v) is 5.51. The number of benzene rings is 1. The minimum atomic E-state index is -1.02. The SMILES string of the molecule is CC(=O)S[C@H]1C[C@@H](C(=O)N2CC[C@H](NC(=O)CN(C(=N)N)C(=O)OCc3ccc([N+](=O)[O-])cc3)C2)N(C)C1. The summed E-state index contributed by atoms with van der Waals surface area (Å²) in [6.07, 6.45) is 0.101. The number of nitrogens with zero attached hydrogens (tertiary/aromatic N) is 4. The van der Waals surface area contributed by atoms with Crippen LogP contribution in [0.15, 0.2) is 24.3 Å². The summed E-state index contributed by atoms with van der Waals surface area (Å²) in [5.41, 5.74) is 5.84. The van der Waals surface area contributed by atoms with E-state index in [1.807, 2.05) is 11.9 Å². The molecule has 4 N–H and O–H groups in total. The van der Waals surface area contributed by atoms with Crippen molar-refractivity contribution >= 4 is 46.4 Å². The lowest BCUT2D eigenvalue weighted by molar-refractivity contribution is -0.384. The number of nitrogens with two attached hydrogens (primary N) is 1. The van der Waals surface area contributed by atoms with Gasteiger partial charge in [0.25, 0.3) is 5.69 Å². The van der Waals surface area contributed by atoms with Crippen molar-refractivity contribution in [3.63, 3.8) is 0 Å². The quantitative estimate of drug-likeness (QED) is 0.178. The molecule has 2 aliphatic rings. The van der Waals surface area contributed by atoms with Crippen molar-refractivity contribution in [1.29, 1.82) is 5.41 Å². The largest absolute Gasteiger partial charge is 0.444 e. The lowest BCUT2D eigenvalue weighted by atomic mass is 10.2. The van der Waals surface area contributed by atoms with Crippen molar-refractivity contribution in [3.8, 4) is 0 Å². The number of likely N-dealkylation sites (N-methyl/N-ethyl adjacent to an activating group) is 1. The Balaban J connectivity index is 1.47. The molecule has 3 atom stereocenters. The van der Waals surface area contributed by atoms with E-state index in [-0.39, 0.29) is 40.7 Å². The first-order valence-corrected chi connectivity index (χ1v) is 12.8. The molecule has 1 aromatic carbocycles. The molecule has 0 bridgehead atoms. The number of rotatable bonds is 8. The Morgan fingerprint density at radius 3 is 2.55 bits per heavy atom. The molecule has 0 radical (unpaired) electrons. The van der Waals surface area contributed by atoms with Crippen LogP contribution in [0.1, 0.15) is 25.3 Å². The maximum atomic E-state index is 13.0. The molecular weight excluding hydrogens is 518 g/mol. The molecule has 3 amide bonds. The van der Waals surface area contributed by atoms with Gasteiger partial charge in [0.15, 0.2) is 11.1 Å². The van der Waals surface area contributed by atoms with Crippen LogP contribution in [-0.4, -0.2) is 99.2 Å². The number of hydrogen-bond donors (Lipinski definition) is 3. The molecule has 0 spiro atoms. The van der Waals surface area contributed by atoms with E-state index >= 15 is 0 Å². The summed E-state index contributed by atoms with van der Waals surface area (Å²) in [6.45, 7) is 2.16. The van der Waals surface area contributed by atoms with Crippen LogP contribution in [-0.2, 0) is 25.7 Å². The van der Waals surface area contributed by atoms with Gasteiger partial charge in [0.2, 0.25) is 11.8 Å². The van der Waals surface area contributed by atoms with Crippen LogP contribution < -0.4 is 11.1 Å². The minimum Gasteiger partial charge on any atom is -0.444 e. The Bertz CT molecular complexity index is 1100. The molecular formula is C23H31N7O7S. The molecule has 0 aliphatic carbocycles. The summed E-state index contributed by atoms with van der Waals surface area (Å²) < 4.78 is 5.11. The number of nitrogens with one attached hydrogen (secondary N) is 2. The number of amides is 3. The number of guanidine groups is 1. The van der Waals surface area contributed by atoms with Crippen molar-refractivity contribution < 1.29 is 28.8 Å². The molecule has 2 fully saturated rings. The number of likely N-dealkylation sites (tertiary alicyclic amines) is 2. The number of nitro groups is 1. The standard InChI is InChI=1S/C23H31N7O7S/c1-14(31)38-18-9-19(27(2)11-18)21(33)28-8-7-16(10-28)26-20(32)12-29(22(24)25)23(34)37-13-15-3-5-17(6-4-15)30(35)36/h3-6,16,18-19H,7-13H2,1-2H3,(H3,24,25)(H,26,32)/t16-,18-,19-/m0/s1. The van der Waals surface area contributed by atoms with Crippen molar-refractivity contribution in [2.75, 3.05) is 33.2 Å². The molecule has 2 aliphatic heterocycles. The number of nitro benzene ring substituents is 1. The predicted molar refractivity (Wildman–Crippen MR) is 138 cm³/mol. The van der Waals surface area contributed by atoms with Gasteiger partial charge in [-0.1, -0.05) is 11.8 Å². The van der Waals surface area contributed by atoms with Gasteiger partial charge < -0.3 is 20.7 Å². The Morgan fingerprint density at radius 2 is 1.95 bits per heavy atom. The van der Waals surface area contributed by atoms with Crippen LogP contribution in [0.2, 0.25) is 0 Å². The molecule has 206 valence electrons. The van der Waals surface area contributed by atoms with E-state index in [9.17, 15) is 29.3 Å². The number of hydrogen-bond acceptors (Lipinski definition) is 10. The highest BCUT2D eigenvalue weighted by atomic mass is 32.2. The molecule has 14 nitrogen and oxygen atoms in total. The summed E-state index contributed by atoms with van der Waals surface area (Å²) in [5.74, 6) is -1.29. The molecule has 2 saturated heterocycles. The summed E-state index contributed by atoms with van der Waals surface area (Å²) in [6, 6.07) is 4.74. The summed E-state index contributed by atoms with van der Waals surface area (Å²) >= 11 is 1.25. The van der Waals surface area contributed by atoms with Gasteiger partial charge in [-0.15, -0.1) is 0 Å². The molecule has 38 heavy (non-hydrogen) atoms. The van der Waals surface area contributed by atoms with Crippen molar-refractivity contribution in [2.24, 2.45) is 5.73 Å². The van der Waals surface area contributed by atoms with Gasteiger partial charge in [-0.05, 0) is 37.6 Å². The zero-order valence-corrected chi connectivity index (χ0v) is 21.9. The molecule has 0 saturated carbocycles. The van der Waals surface area contributed by atoms with Crippen molar-refractivity contribution in [2.45, 2.75) is 43.7 Å². The maximum absolute atomic E-state index is 13.0. The summed E-state index contributed by atoms with van der Waals surface area (Å²) in [7, 11) is 1.86. The highest BCUT2D eigenvalue weighted by Gasteiger charge is 2.39. The highest BCUT2D eigenvalue weighted by molar-refractivity contribution is 8.14. The average Bonchev–Trinajstić information content (AvgIpc) is 3.46. The topological polar surface area (TPSA) is 192 Å². The number of thioether (sulfide) groups is 1. The molecule has 0 unspecified atom stereocenters. The van der Waals surface area contributed by atoms with Gasteiger partial charge in [-0.3, -0.25) is 34.8 Å². The Hall–Kier alpha value is -3.72. The van der Waals surface area contributed by atoms with E-state index in [0.29, 0.717) is 42.9 Å². The monoisotopic (exact) mass is 549 g/mol.